The molecule has 0 aliphatic heterocycles. The van der Waals surface area contributed by atoms with E-state index in [1.54, 1.807) is 13.1 Å². The molecule has 0 fully saturated rings. The van der Waals surface area contributed by atoms with E-state index in [0.29, 0.717) is 17.9 Å². The molecule has 0 aliphatic rings. The molecule has 0 aromatic carbocycles. The maximum Gasteiger partial charge on any atom is 0.343 e. The van der Waals surface area contributed by atoms with Crippen molar-refractivity contribution in [3.05, 3.63) is 21.0 Å². The van der Waals surface area contributed by atoms with E-state index >= 15 is 0 Å². The van der Waals surface area contributed by atoms with Gasteiger partial charge in [-0.2, -0.15) is 0 Å². The molecule has 1 aromatic rings. The lowest BCUT2D eigenvalue weighted by Crippen LogP contribution is -2.24. The SMILES string of the molecule is CCOC(=O)c1c(C(C)(C)C)ncc(I)c1O[Si](C)C. The maximum absolute atomic E-state index is 12.3. The molecule has 0 N–H and O–H groups in total. The van der Waals surface area contributed by atoms with Crippen molar-refractivity contribution in [2.45, 2.75) is 46.2 Å². The van der Waals surface area contributed by atoms with E-state index < -0.39 is 9.04 Å². The molecule has 0 spiro atoms. The minimum Gasteiger partial charge on any atom is -0.541 e. The third kappa shape index (κ3) is 4.18. The first kappa shape index (κ1) is 17.4. The van der Waals surface area contributed by atoms with Crippen molar-refractivity contribution >= 4 is 37.6 Å². The molecule has 1 aromatic heterocycles. The van der Waals surface area contributed by atoms with Crippen LogP contribution in [0.5, 0.6) is 5.75 Å². The number of aromatic nitrogens is 1. The molecule has 0 saturated carbocycles. The van der Waals surface area contributed by atoms with Crippen LogP contribution < -0.4 is 4.43 Å². The summed E-state index contributed by atoms with van der Waals surface area (Å²) in [5.74, 6) is 0.254. The Morgan fingerprint density at radius 2 is 2.00 bits per heavy atom. The molecule has 20 heavy (non-hydrogen) atoms. The van der Waals surface area contributed by atoms with Gasteiger partial charge in [-0.25, -0.2) is 4.79 Å². The molecule has 1 radical (unpaired) electrons. The number of ether oxygens (including phenoxy) is 1. The quantitative estimate of drug-likeness (QED) is 0.434. The minimum atomic E-state index is -0.981. The largest absolute Gasteiger partial charge is 0.541 e. The van der Waals surface area contributed by atoms with Crippen molar-refractivity contribution in [2.24, 2.45) is 0 Å². The van der Waals surface area contributed by atoms with Gasteiger partial charge in [0.1, 0.15) is 11.3 Å². The Morgan fingerprint density at radius 1 is 1.40 bits per heavy atom. The predicted octanol–water partition coefficient (Wildman–Crippen LogP) is 3.79. The van der Waals surface area contributed by atoms with E-state index in [0.717, 1.165) is 9.26 Å². The van der Waals surface area contributed by atoms with Crippen LogP contribution in [0.15, 0.2) is 6.20 Å². The van der Waals surface area contributed by atoms with Crippen molar-refractivity contribution in [1.29, 1.82) is 0 Å². The van der Waals surface area contributed by atoms with Crippen molar-refractivity contribution in [3.8, 4) is 5.75 Å². The Bertz CT molecular complexity index is 498. The van der Waals surface area contributed by atoms with E-state index in [1.807, 2.05) is 33.9 Å². The number of nitrogens with zero attached hydrogens (tertiary/aromatic N) is 1. The number of pyridine rings is 1. The number of halogens is 1. The number of carbonyl (C=O) groups excluding carboxylic acids is 1. The van der Waals surface area contributed by atoms with Gasteiger partial charge >= 0.3 is 5.97 Å². The molecule has 6 heteroatoms. The van der Waals surface area contributed by atoms with Crippen LogP contribution in [-0.4, -0.2) is 26.6 Å². The van der Waals surface area contributed by atoms with E-state index in [1.165, 1.54) is 0 Å². The van der Waals surface area contributed by atoms with Crippen LogP contribution in [0.25, 0.3) is 0 Å². The zero-order chi connectivity index (χ0) is 15.5. The van der Waals surface area contributed by atoms with Gasteiger partial charge in [0.2, 0.25) is 0 Å². The summed E-state index contributed by atoms with van der Waals surface area (Å²) in [6, 6.07) is 0. The summed E-state index contributed by atoms with van der Waals surface area (Å²) in [7, 11) is -0.981. The third-order valence-corrected chi connectivity index (χ3v) is 3.86. The van der Waals surface area contributed by atoms with Gasteiger partial charge in [0, 0.05) is 11.6 Å². The predicted molar refractivity (Wildman–Crippen MR) is 89.7 cm³/mol. The van der Waals surface area contributed by atoms with Gasteiger partial charge in [0.05, 0.1) is 15.9 Å². The second-order valence-electron chi connectivity index (χ2n) is 5.64. The van der Waals surface area contributed by atoms with Crippen LogP contribution in [0.3, 0.4) is 0 Å². The van der Waals surface area contributed by atoms with Crippen molar-refractivity contribution in [3.63, 3.8) is 0 Å². The number of carbonyl (C=O) groups is 1. The highest BCUT2D eigenvalue weighted by Gasteiger charge is 2.29. The highest BCUT2D eigenvalue weighted by molar-refractivity contribution is 14.1. The summed E-state index contributed by atoms with van der Waals surface area (Å²) in [6.07, 6.45) is 1.75. The molecule has 0 bridgehead atoms. The number of hydrogen-bond donors (Lipinski definition) is 0. The van der Waals surface area contributed by atoms with Crippen LogP contribution in [0, 0.1) is 3.57 Å². The lowest BCUT2D eigenvalue weighted by Gasteiger charge is -2.24. The second-order valence-corrected chi connectivity index (χ2v) is 8.82. The number of rotatable bonds is 4. The Morgan fingerprint density at radius 3 is 2.45 bits per heavy atom. The fourth-order valence-electron chi connectivity index (χ4n) is 1.74. The summed E-state index contributed by atoms with van der Waals surface area (Å²) in [5.41, 5.74) is 0.936. The van der Waals surface area contributed by atoms with Crippen LogP contribution in [0.2, 0.25) is 13.1 Å². The number of hydrogen-bond acceptors (Lipinski definition) is 4. The highest BCUT2D eigenvalue weighted by atomic mass is 127. The molecule has 0 atom stereocenters. The van der Waals surface area contributed by atoms with Gasteiger partial charge in [-0.15, -0.1) is 0 Å². The molecule has 111 valence electrons. The topological polar surface area (TPSA) is 48.4 Å². The molecule has 1 heterocycles. The molecule has 0 unspecified atom stereocenters. The molecule has 4 nitrogen and oxygen atoms in total. The summed E-state index contributed by atoms with van der Waals surface area (Å²) >= 11 is 2.15. The van der Waals surface area contributed by atoms with E-state index in [9.17, 15) is 4.79 Å². The smallest absolute Gasteiger partial charge is 0.343 e. The van der Waals surface area contributed by atoms with Crippen LogP contribution in [0.1, 0.15) is 43.7 Å². The Hall–Kier alpha value is -0.633. The monoisotopic (exact) mass is 406 g/mol. The first-order chi connectivity index (χ1) is 9.18. The van der Waals surface area contributed by atoms with Gasteiger partial charge in [-0.1, -0.05) is 20.8 Å². The van der Waals surface area contributed by atoms with Gasteiger partial charge in [-0.3, -0.25) is 4.98 Å². The first-order valence-electron chi connectivity index (χ1n) is 6.52. The fourth-order valence-corrected chi connectivity index (χ4v) is 3.08. The second kappa shape index (κ2) is 6.88. The summed E-state index contributed by atoms with van der Waals surface area (Å²) in [6.45, 7) is 12.3. The molecule has 0 amide bonds. The Balaban J connectivity index is 3.51. The first-order valence-corrected chi connectivity index (χ1v) is 10.0. The third-order valence-electron chi connectivity index (χ3n) is 2.48. The summed E-state index contributed by atoms with van der Waals surface area (Å²) < 4.78 is 12.0. The van der Waals surface area contributed by atoms with Crippen molar-refractivity contribution in [1.82, 2.24) is 4.98 Å². The van der Waals surface area contributed by atoms with Gasteiger partial charge in [-0.05, 0) is 42.6 Å². The normalized spacial score (nSPS) is 11.6. The summed E-state index contributed by atoms with van der Waals surface area (Å²) in [5, 5.41) is 0. The average Bonchev–Trinajstić information content (AvgIpc) is 2.29. The molecule has 0 saturated heterocycles. The zero-order valence-corrected chi connectivity index (χ0v) is 16.0. The average molecular weight is 406 g/mol. The lowest BCUT2D eigenvalue weighted by atomic mass is 9.88. The van der Waals surface area contributed by atoms with E-state index in [-0.39, 0.29) is 11.4 Å². The Labute approximate surface area is 136 Å². The standard InChI is InChI=1S/C14H21INO3Si/c1-7-18-13(17)10-11(19-20(5)6)9(15)8-16-12(10)14(2,3)4/h8H,7H2,1-6H3. The lowest BCUT2D eigenvalue weighted by molar-refractivity contribution is 0.0520. The Kier molecular flexibility index (Phi) is 6.00. The minimum absolute atomic E-state index is 0.251. The zero-order valence-electron chi connectivity index (χ0n) is 12.8. The molecule has 1 rings (SSSR count). The van der Waals surface area contributed by atoms with Crippen molar-refractivity contribution in [2.75, 3.05) is 6.61 Å². The fraction of sp³-hybridized carbons (Fsp3) is 0.571. The van der Waals surface area contributed by atoms with Crippen molar-refractivity contribution < 1.29 is 14.0 Å². The molecular weight excluding hydrogens is 385 g/mol. The van der Waals surface area contributed by atoms with Gasteiger partial charge in [0.15, 0.2) is 0 Å². The van der Waals surface area contributed by atoms with Crippen LogP contribution in [0.4, 0.5) is 0 Å². The van der Waals surface area contributed by atoms with E-state index in [2.05, 4.69) is 27.6 Å². The van der Waals surface area contributed by atoms with Crippen LogP contribution >= 0.6 is 22.6 Å². The van der Waals surface area contributed by atoms with Gasteiger partial charge < -0.3 is 9.16 Å². The molecular formula is C14H21INO3Si. The summed E-state index contributed by atoms with van der Waals surface area (Å²) in [4.78, 5) is 16.8. The van der Waals surface area contributed by atoms with Gasteiger partial charge in [0.25, 0.3) is 9.04 Å². The highest BCUT2D eigenvalue weighted by Crippen LogP contribution is 2.34. The molecule has 0 aliphatic carbocycles. The van der Waals surface area contributed by atoms with E-state index in [4.69, 9.17) is 9.16 Å². The maximum atomic E-state index is 12.3. The van der Waals surface area contributed by atoms with Crippen LogP contribution in [-0.2, 0) is 10.2 Å². The number of esters is 1.